The number of nitrogens with zero attached hydrogens (tertiary/aromatic N) is 1. The fourth-order valence-corrected chi connectivity index (χ4v) is 3.48. The summed E-state index contributed by atoms with van der Waals surface area (Å²) in [4.78, 5) is 19.3. The maximum Gasteiger partial charge on any atom is 0.231 e. The van der Waals surface area contributed by atoms with Crippen LogP contribution in [-0.2, 0) is 24.1 Å². The lowest BCUT2D eigenvalue weighted by molar-refractivity contribution is -0.115. The minimum atomic E-state index is -0.0195. The van der Waals surface area contributed by atoms with Crippen molar-refractivity contribution in [3.8, 4) is 0 Å². The number of carbonyl (C=O) groups is 1. The molecule has 1 aromatic heterocycles. The Morgan fingerprint density at radius 1 is 1.27 bits per heavy atom. The highest BCUT2D eigenvalue weighted by molar-refractivity contribution is 5.98. The summed E-state index contributed by atoms with van der Waals surface area (Å²) >= 11 is 0. The van der Waals surface area contributed by atoms with E-state index in [0.717, 1.165) is 17.7 Å². The summed E-state index contributed by atoms with van der Waals surface area (Å²) in [6, 6.07) is 4.65. The van der Waals surface area contributed by atoms with Crippen molar-refractivity contribution in [3.63, 3.8) is 0 Å². The molecule has 4 heteroatoms. The smallest absolute Gasteiger partial charge is 0.231 e. The van der Waals surface area contributed by atoms with E-state index in [1.807, 2.05) is 6.92 Å². The number of aromatic amines is 1. The average Bonchev–Trinajstić information content (AvgIpc) is 3.18. The van der Waals surface area contributed by atoms with E-state index in [0.29, 0.717) is 12.4 Å². The highest BCUT2D eigenvalue weighted by Crippen LogP contribution is 2.35. The lowest BCUT2D eigenvalue weighted by atomic mass is 9.97. The zero-order valence-corrected chi connectivity index (χ0v) is 12.7. The van der Waals surface area contributed by atoms with Gasteiger partial charge < -0.3 is 4.98 Å². The Labute approximate surface area is 129 Å². The average molecular weight is 293 g/mol. The Morgan fingerprint density at radius 3 is 2.86 bits per heavy atom. The third kappa shape index (κ3) is 2.34. The predicted octanol–water partition coefficient (Wildman–Crippen LogP) is 3.18. The second-order valence-electron chi connectivity index (χ2n) is 6.20. The lowest BCUT2D eigenvalue weighted by Gasteiger charge is -2.09. The molecule has 0 saturated carbocycles. The number of H-pyrrole nitrogens is 1. The van der Waals surface area contributed by atoms with Gasteiger partial charge >= 0.3 is 0 Å². The van der Waals surface area contributed by atoms with Crippen LogP contribution in [0, 0.1) is 6.92 Å². The molecular weight excluding hydrogens is 274 g/mol. The summed E-state index contributed by atoms with van der Waals surface area (Å²) in [6.45, 7) is 1.92. The molecule has 1 heterocycles. The van der Waals surface area contributed by atoms with Crippen LogP contribution in [0.15, 0.2) is 24.4 Å². The molecule has 0 atom stereocenters. The van der Waals surface area contributed by atoms with Crippen molar-refractivity contribution < 1.29 is 4.79 Å². The first-order valence-electron chi connectivity index (χ1n) is 7.84. The molecule has 0 unspecified atom stereocenters. The van der Waals surface area contributed by atoms with Crippen LogP contribution in [0.25, 0.3) is 5.57 Å². The topological polar surface area (TPSA) is 57.8 Å². The first-order chi connectivity index (χ1) is 10.7. The van der Waals surface area contributed by atoms with Crippen molar-refractivity contribution in [2.24, 2.45) is 0 Å². The van der Waals surface area contributed by atoms with E-state index in [2.05, 4.69) is 33.5 Å². The summed E-state index contributed by atoms with van der Waals surface area (Å²) in [5.74, 6) is 0.504. The quantitative estimate of drug-likeness (QED) is 0.913. The zero-order chi connectivity index (χ0) is 15.1. The monoisotopic (exact) mass is 293 g/mol. The molecule has 112 valence electrons. The molecule has 0 radical (unpaired) electrons. The maximum atomic E-state index is 12.2. The largest absolute Gasteiger partial charge is 0.328 e. The molecule has 22 heavy (non-hydrogen) atoms. The molecule has 2 aliphatic carbocycles. The predicted molar refractivity (Wildman–Crippen MR) is 86.7 cm³/mol. The van der Waals surface area contributed by atoms with E-state index in [-0.39, 0.29) is 5.91 Å². The molecule has 0 saturated heterocycles. The number of imidazole rings is 1. The third-order valence-electron chi connectivity index (χ3n) is 4.54. The third-order valence-corrected chi connectivity index (χ3v) is 4.54. The molecule has 0 spiro atoms. The molecule has 1 amide bonds. The van der Waals surface area contributed by atoms with Crippen molar-refractivity contribution in [1.29, 1.82) is 0 Å². The minimum absolute atomic E-state index is 0.0195. The molecule has 0 bridgehead atoms. The number of benzene rings is 1. The number of amides is 1. The van der Waals surface area contributed by atoms with Gasteiger partial charge in [0.15, 0.2) is 0 Å². The van der Waals surface area contributed by atoms with E-state index in [4.69, 9.17) is 0 Å². The molecule has 2 aromatic rings. The van der Waals surface area contributed by atoms with Gasteiger partial charge in [0.1, 0.15) is 0 Å². The minimum Gasteiger partial charge on any atom is -0.328 e. The molecule has 4 rings (SSSR count). The van der Waals surface area contributed by atoms with Gasteiger partial charge in [-0.3, -0.25) is 10.1 Å². The van der Waals surface area contributed by atoms with E-state index in [1.54, 1.807) is 6.20 Å². The van der Waals surface area contributed by atoms with E-state index in [1.165, 1.54) is 41.5 Å². The number of rotatable bonds is 3. The Bertz CT molecular complexity index is 786. The van der Waals surface area contributed by atoms with E-state index < -0.39 is 0 Å². The van der Waals surface area contributed by atoms with Crippen molar-refractivity contribution >= 4 is 17.4 Å². The zero-order valence-electron chi connectivity index (χ0n) is 12.7. The lowest BCUT2D eigenvalue weighted by Crippen LogP contribution is -2.12. The van der Waals surface area contributed by atoms with Gasteiger partial charge in [-0.05, 0) is 60.4 Å². The summed E-state index contributed by atoms with van der Waals surface area (Å²) in [7, 11) is 0. The summed E-state index contributed by atoms with van der Waals surface area (Å²) in [6.07, 6.45) is 8.89. The molecule has 0 aliphatic heterocycles. The number of aromatic nitrogens is 2. The first kappa shape index (κ1) is 13.3. The SMILES string of the molecule is Cc1cnc(NC(=O)CC2=CCc3cc4c(cc32)CCC4)[nH]1. The van der Waals surface area contributed by atoms with E-state index in [9.17, 15) is 4.79 Å². The number of nitrogens with one attached hydrogen (secondary N) is 2. The van der Waals surface area contributed by atoms with Crippen LogP contribution < -0.4 is 5.32 Å². The van der Waals surface area contributed by atoms with Crippen LogP contribution in [0.5, 0.6) is 0 Å². The standard InChI is InChI=1S/C18H19N3O/c1-11-10-19-18(20-11)21-17(22)9-15-6-5-14-7-12-3-2-4-13(12)8-16(14)15/h6-8,10H,2-5,9H2,1H3,(H2,19,20,21,22). The second-order valence-corrected chi connectivity index (χ2v) is 6.20. The van der Waals surface area contributed by atoms with E-state index >= 15 is 0 Å². The van der Waals surface area contributed by atoms with Gasteiger partial charge in [0.2, 0.25) is 11.9 Å². The molecule has 4 nitrogen and oxygen atoms in total. The number of aryl methyl sites for hydroxylation is 3. The van der Waals surface area contributed by atoms with Crippen molar-refractivity contribution in [3.05, 3.63) is 52.4 Å². The van der Waals surface area contributed by atoms with Crippen molar-refractivity contribution in [2.45, 2.75) is 39.0 Å². The van der Waals surface area contributed by atoms with Crippen LogP contribution in [0.1, 0.15) is 40.8 Å². The van der Waals surface area contributed by atoms with Gasteiger partial charge in [-0.1, -0.05) is 18.2 Å². The Hall–Kier alpha value is -2.36. The number of hydrogen-bond donors (Lipinski definition) is 2. The summed E-state index contributed by atoms with van der Waals surface area (Å²) in [5.41, 5.74) is 7.70. The second kappa shape index (κ2) is 5.13. The van der Waals surface area contributed by atoms with Gasteiger partial charge in [-0.2, -0.15) is 0 Å². The Morgan fingerprint density at radius 2 is 2.09 bits per heavy atom. The normalized spacial score (nSPS) is 15.4. The van der Waals surface area contributed by atoms with Gasteiger partial charge in [0.25, 0.3) is 0 Å². The van der Waals surface area contributed by atoms with Crippen LogP contribution >= 0.6 is 0 Å². The molecule has 2 aliphatic rings. The van der Waals surface area contributed by atoms with Crippen LogP contribution in [-0.4, -0.2) is 15.9 Å². The highest BCUT2D eigenvalue weighted by Gasteiger charge is 2.21. The summed E-state index contributed by atoms with van der Waals surface area (Å²) < 4.78 is 0. The molecule has 2 N–H and O–H groups in total. The molecule has 0 fully saturated rings. The van der Waals surface area contributed by atoms with Crippen molar-refractivity contribution in [2.75, 3.05) is 5.32 Å². The Balaban J connectivity index is 1.50. The van der Waals surface area contributed by atoms with Gasteiger partial charge in [-0.15, -0.1) is 0 Å². The number of allylic oxidation sites excluding steroid dienone is 1. The van der Waals surface area contributed by atoms with Gasteiger partial charge in [-0.25, -0.2) is 4.98 Å². The van der Waals surface area contributed by atoms with Crippen LogP contribution in [0.2, 0.25) is 0 Å². The van der Waals surface area contributed by atoms with Gasteiger partial charge in [0.05, 0.1) is 6.42 Å². The van der Waals surface area contributed by atoms with Crippen molar-refractivity contribution in [1.82, 2.24) is 9.97 Å². The number of fused-ring (bicyclic) bond motifs is 2. The first-order valence-corrected chi connectivity index (χ1v) is 7.84. The Kier molecular flexibility index (Phi) is 3.10. The van der Waals surface area contributed by atoms with Crippen LogP contribution in [0.3, 0.4) is 0 Å². The van der Waals surface area contributed by atoms with Gasteiger partial charge in [0, 0.05) is 11.9 Å². The fourth-order valence-electron chi connectivity index (χ4n) is 3.48. The number of anilines is 1. The summed E-state index contributed by atoms with van der Waals surface area (Å²) in [5, 5.41) is 2.83. The maximum absolute atomic E-state index is 12.2. The molecular formula is C18H19N3O. The number of carbonyl (C=O) groups excluding carboxylic acids is 1. The highest BCUT2D eigenvalue weighted by atomic mass is 16.1. The number of hydrogen-bond acceptors (Lipinski definition) is 2. The van der Waals surface area contributed by atoms with Crippen LogP contribution in [0.4, 0.5) is 5.95 Å². The fraction of sp³-hybridized carbons (Fsp3) is 0.333. The molecule has 1 aromatic carbocycles.